The molecule has 0 saturated heterocycles. The number of unbranched alkanes of at least 4 members (excludes halogenated alkanes) is 3. The van der Waals surface area contributed by atoms with Gasteiger partial charge in [-0.05, 0) is 12.8 Å². The Morgan fingerprint density at radius 2 is 1.59 bits per heavy atom. The van der Waals surface area contributed by atoms with Crippen LogP contribution in [0.3, 0.4) is 0 Å². The first-order chi connectivity index (χ1) is 7.43. The summed E-state index contributed by atoms with van der Waals surface area (Å²) in [6.07, 6.45) is 3.91. The summed E-state index contributed by atoms with van der Waals surface area (Å²) in [5.41, 5.74) is 0. The molecular formula is C11H23KO4S. The van der Waals surface area contributed by atoms with Crippen LogP contribution in [0, 0.1) is 0 Å². The molecule has 0 aromatic rings. The first-order valence-corrected chi connectivity index (χ1v) is 7.53. The van der Waals surface area contributed by atoms with Crippen molar-refractivity contribution < 1.29 is 69.5 Å². The standard InChI is InChI=1S/C11H24O4S.K/c1-3-5-7-8-10(12)11(9-6-4-2)16(13,14)15;/h10-12H,3-9H2,1-2H3,(H,13,14,15);/q;+1/p-1. The van der Waals surface area contributed by atoms with Gasteiger partial charge in [0.2, 0.25) is 0 Å². The first kappa shape index (κ1) is 20.8. The van der Waals surface area contributed by atoms with Crippen LogP contribution < -0.4 is 51.4 Å². The van der Waals surface area contributed by atoms with E-state index in [2.05, 4.69) is 0 Å². The summed E-state index contributed by atoms with van der Waals surface area (Å²) in [5.74, 6) is 0. The third-order valence-corrected chi connectivity index (χ3v) is 4.04. The zero-order valence-corrected chi connectivity index (χ0v) is 15.1. The smallest absolute Gasteiger partial charge is 0.748 e. The molecule has 0 amide bonds. The van der Waals surface area contributed by atoms with E-state index in [-0.39, 0.29) is 57.8 Å². The molecule has 0 fully saturated rings. The van der Waals surface area contributed by atoms with Crippen LogP contribution in [0.15, 0.2) is 0 Å². The number of aliphatic hydroxyl groups is 1. The van der Waals surface area contributed by atoms with Gasteiger partial charge in [-0.1, -0.05) is 46.0 Å². The average Bonchev–Trinajstić information content (AvgIpc) is 2.16. The van der Waals surface area contributed by atoms with E-state index in [0.29, 0.717) is 12.8 Å². The molecule has 6 heteroatoms. The Balaban J connectivity index is 0. The predicted molar refractivity (Wildman–Crippen MR) is 63.2 cm³/mol. The molecule has 0 bridgehead atoms. The molecule has 17 heavy (non-hydrogen) atoms. The molecule has 0 rings (SSSR count). The van der Waals surface area contributed by atoms with Crippen LogP contribution in [0.5, 0.6) is 0 Å². The molecule has 2 atom stereocenters. The van der Waals surface area contributed by atoms with Crippen molar-refractivity contribution in [2.45, 2.75) is 70.1 Å². The van der Waals surface area contributed by atoms with Crippen LogP contribution >= 0.6 is 0 Å². The van der Waals surface area contributed by atoms with Crippen LogP contribution in [-0.4, -0.2) is 29.4 Å². The second kappa shape index (κ2) is 11.3. The summed E-state index contributed by atoms with van der Waals surface area (Å²) in [7, 11) is -4.37. The Hall–Kier alpha value is 1.51. The predicted octanol–water partition coefficient (Wildman–Crippen LogP) is -0.964. The molecule has 0 spiro atoms. The molecule has 2 unspecified atom stereocenters. The van der Waals surface area contributed by atoms with Crippen molar-refractivity contribution in [2.75, 3.05) is 0 Å². The molecule has 0 aromatic heterocycles. The van der Waals surface area contributed by atoms with E-state index >= 15 is 0 Å². The van der Waals surface area contributed by atoms with E-state index in [1.165, 1.54) is 0 Å². The summed E-state index contributed by atoms with van der Waals surface area (Å²) in [5, 5.41) is 8.60. The second-order valence-electron chi connectivity index (χ2n) is 4.24. The van der Waals surface area contributed by atoms with Gasteiger partial charge in [-0.25, -0.2) is 8.42 Å². The van der Waals surface area contributed by atoms with Crippen molar-refractivity contribution in [3.8, 4) is 0 Å². The van der Waals surface area contributed by atoms with Gasteiger partial charge in [-0.2, -0.15) is 0 Å². The third-order valence-electron chi connectivity index (χ3n) is 2.75. The van der Waals surface area contributed by atoms with Crippen molar-refractivity contribution in [1.29, 1.82) is 0 Å². The minimum absolute atomic E-state index is 0. The second-order valence-corrected chi connectivity index (χ2v) is 5.83. The Bertz CT molecular complexity index is 267. The van der Waals surface area contributed by atoms with Gasteiger partial charge in [0.05, 0.1) is 11.4 Å². The van der Waals surface area contributed by atoms with Gasteiger partial charge in [0.1, 0.15) is 10.1 Å². The average molecular weight is 290 g/mol. The van der Waals surface area contributed by atoms with Gasteiger partial charge in [0, 0.05) is 0 Å². The monoisotopic (exact) mass is 290 g/mol. The number of hydrogen-bond donors (Lipinski definition) is 1. The Labute approximate surface area is 148 Å². The van der Waals surface area contributed by atoms with Gasteiger partial charge in [0.25, 0.3) is 0 Å². The number of aliphatic hydroxyl groups excluding tert-OH is 1. The molecule has 0 aliphatic rings. The topological polar surface area (TPSA) is 77.4 Å². The fourth-order valence-electron chi connectivity index (χ4n) is 1.72. The molecule has 0 aliphatic carbocycles. The van der Waals surface area contributed by atoms with Gasteiger partial charge >= 0.3 is 51.4 Å². The van der Waals surface area contributed by atoms with Crippen molar-refractivity contribution in [1.82, 2.24) is 0 Å². The quantitative estimate of drug-likeness (QED) is 0.337. The summed E-state index contributed by atoms with van der Waals surface area (Å²) >= 11 is 0. The zero-order chi connectivity index (χ0) is 12.6. The van der Waals surface area contributed by atoms with E-state index in [9.17, 15) is 18.1 Å². The molecule has 98 valence electrons. The third kappa shape index (κ3) is 10.0. The van der Waals surface area contributed by atoms with Crippen LogP contribution in [-0.2, 0) is 10.1 Å². The van der Waals surface area contributed by atoms with Crippen LogP contribution in [0.25, 0.3) is 0 Å². The number of rotatable bonds is 9. The van der Waals surface area contributed by atoms with Gasteiger partial charge < -0.3 is 9.66 Å². The molecular weight excluding hydrogens is 267 g/mol. The van der Waals surface area contributed by atoms with Gasteiger partial charge in [-0.15, -0.1) is 0 Å². The van der Waals surface area contributed by atoms with E-state index < -0.39 is 21.5 Å². The minimum Gasteiger partial charge on any atom is -0.748 e. The SMILES string of the molecule is CCCCCC(O)C(CCCC)S(=O)(=O)[O-].[K+]. The maximum atomic E-state index is 11.0. The first-order valence-electron chi connectivity index (χ1n) is 6.06. The molecule has 0 radical (unpaired) electrons. The summed E-state index contributed by atoms with van der Waals surface area (Å²) in [6, 6.07) is 0. The fraction of sp³-hybridized carbons (Fsp3) is 1.00. The van der Waals surface area contributed by atoms with E-state index in [4.69, 9.17) is 0 Å². The molecule has 1 N–H and O–H groups in total. The van der Waals surface area contributed by atoms with E-state index in [1.54, 1.807) is 0 Å². The van der Waals surface area contributed by atoms with Crippen LogP contribution in [0.2, 0.25) is 0 Å². The molecule has 0 heterocycles. The van der Waals surface area contributed by atoms with Gasteiger partial charge in [0.15, 0.2) is 0 Å². The minimum atomic E-state index is -4.37. The summed E-state index contributed by atoms with van der Waals surface area (Å²) < 4.78 is 33.0. The molecule has 0 aliphatic heterocycles. The number of hydrogen-bond acceptors (Lipinski definition) is 4. The Kier molecular flexibility index (Phi) is 13.9. The van der Waals surface area contributed by atoms with Crippen LogP contribution in [0.1, 0.15) is 58.8 Å². The van der Waals surface area contributed by atoms with Gasteiger partial charge in [-0.3, -0.25) is 0 Å². The Morgan fingerprint density at radius 3 is 2.00 bits per heavy atom. The Morgan fingerprint density at radius 1 is 1.06 bits per heavy atom. The largest absolute Gasteiger partial charge is 1.00 e. The van der Waals surface area contributed by atoms with Crippen molar-refractivity contribution >= 4 is 10.1 Å². The molecule has 0 saturated carbocycles. The summed E-state index contributed by atoms with van der Waals surface area (Å²) in [4.78, 5) is 0. The van der Waals surface area contributed by atoms with Crippen LogP contribution in [0.4, 0.5) is 0 Å². The maximum absolute atomic E-state index is 11.0. The van der Waals surface area contributed by atoms with Crippen molar-refractivity contribution in [2.24, 2.45) is 0 Å². The van der Waals surface area contributed by atoms with Crippen molar-refractivity contribution in [3.63, 3.8) is 0 Å². The zero-order valence-electron chi connectivity index (χ0n) is 11.2. The molecule has 4 nitrogen and oxygen atoms in total. The fourth-order valence-corrected chi connectivity index (χ4v) is 2.70. The van der Waals surface area contributed by atoms with Crippen molar-refractivity contribution in [3.05, 3.63) is 0 Å². The van der Waals surface area contributed by atoms with E-state index in [0.717, 1.165) is 25.7 Å². The normalized spacial score (nSPS) is 15.1. The summed E-state index contributed by atoms with van der Waals surface area (Å²) in [6.45, 7) is 3.96. The maximum Gasteiger partial charge on any atom is 1.00 e. The van der Waals surface area contributed by atoms with E-state index in [1.807, 2.05) is 13.8 Å². The molecule has 0 aromatic carbocycles.